The lowest BCUT2D eigenvalue weighted by atomic mass is 10.1. The number of carbonyl (C=O) groups is 2. The van der Waals surface area contributed by atoms with Crippen LogP contribution in [0.3, 0.4) is 0 Å². The van der Waals surface area contributed by atoms with Crippen LogP contribution in [-0.2, 0) is 24.2 Å². The molecule has 1 aliphatic rings. The molecule has 1 saturated heterocycles. The van der Waals surface area contributed by atoms with Gasteiger partial charge in [0.05, 0.1) is 18.6 Å². The van der Waals surface area contributed by atoms with Gasteiger partial charge in [0.25, 0.3) is 5.91 Å². The van der Waals surface area contributed by atoms with Crippen molar-refractivity contribution in [2.24, 2.45) is 5.92 Å². The van der Waals surface area contributed by atoms with E-state index < -0.39 is 27.8 Å². The number of methoxy groups -OCH3 is 1. The Morgan fingerprint density at radius 3 is 2.55 bits per heavy atom. The molecule has 7 nitrogen and oxygen atoms in total. The molecule has 1 fully saturated rings. The van der Waals surface area contributed by atoms with E-state index in [2.05, 4.69) is 5.32 Å². The molecule has 2 atom stereocenters. The summed E-state index contributed by atoms with van der Waals surface area (Å²) in [6, 6.07) is 15.5. The van der Waals surface area contributed by atoms with Crippen molar-refractivity contribution in [3.63, 3.8) is 0 Å². The van der Waals surface area contributed by atoms with Gasteiger partial charge in [-0.1, -0.05) is 36.4 Å². The van der Waals surface area contributed by atoms with Crippen molar-refractivity contribution in [1.29, 1.82) is 0 Å². The molecule has 0 radical (unpaired) electrons. The van der Waals surface area contributed by atoms with Crippen LogP contribution in [0.1, 0.15) is 24.5 Å². The molecule has 1 N–H and O–H groups in total. The summed E-state index contributed by atoms with van der Waals surface area (Å²) in [6.45, 7) is 0. The third-order valence-electron chi connectivity index (χ3n) is 4.71. The Morgan fingerprint density at radius 1 is 1.14 bits per heavy atom. The zero-order valence-corrected chi connectivity index (χ0v) is 16.9. The Morgan fingerprint density at radius 2 is 1.90 bits per heavy atom. The molecule has 0 bridgehead atoms. The number of ether oxygens (including phenoxy) is 2. The Balaban J connectivity index is 1.72. The summed E-state index contributed by atoms with van der Waals surface area (Å²) in [4.78, 5) is 25.3. The van der Waals surface area contributed by atoms with Crippen LogP contribution in [0.15, 0.2) is 54.6 Å². The van der Waals surface area contributed by atoms with Gasteiger partial charge in [-0.25, -0.2) is 8.42 Å². The number of anilines is 1. The SMILES string of the molecule is COc1cccc(NC(=O)[C@H](OC(=O)C[C@H]2CCS(=O)(=O)C2)c2ccccc2)c1. The predicted octanol–water partition coefficient (Wildman–Crippen LogP) is 2.74. The van der Waals surface area contributed by atoms with E-state index in [1.165, 1.54) is 7.11 Å². The third kappa shape index (κ3) is 5.80. The van der Waals surface area contributed by atoms with Crippen molar-refractivity contribution in [2.45, 2.75) is 18.9 Å². The van der Waals surface area contributed by atoms with Gasteiger partial charge in [0.15, 0.2) is 9.84 Å². The van der Waals surface area contributed by atoms with E-state index in [4.69, 9.17) is 9.47 Å². The van der Waals surface area contributed by atoms with Crippen LogP contribution in [0.25, 0.3) is 0 Å². The van der Waals surface area contributed by atoms with Crippen LogP contribution >= 0.6 is 0 Å². The van der Waals surface area contributed by atoms with Crippen molar-refractivity contribution < 1.29 is 27.5 Å². The molecule has 0 unspecified atom stereocenters. The number of hydrogen-bond acceptors (Lipinski definition) is 6. The van der Waals surface area contributed by atoms with Crippen molar-refractivity contribution >= 4 is 27.4 Å². The molecule has 3 rings (SSSR count). The second-order valence-corrected chi connectivity index (χ2v) is 9.20. The van der Waals surface area contributed by atoms with E-state index in [1.807, 2.05) is 0 Å². The highest BCUT2D eigenvalue weighted by atomic mass is 32.2. The maximum absolute atomic E-state index is 12.9. The average Bonchev–Trinajstić information content (AvgIpc) is 3.05. The van der Waals surface area contributed by atoms with Crippen molar-refractivity contribution in [3.05, 3.63) is 60.2 Å². The Bertz CT molecular complexity index is 974. The molecule has 154 valence electrons. The highest BCUT2D eigenvalue weighted by Gasteiger charge is 2.32. The van der Waals surface area contributed by atoms with E-state index in [0.29, 0.717) is 23.4 Å². The van der Waals surface area contributed by atoms with Crippen molar-refractivity contribution in [1.82, 2.24) is 0 Å². The topological polar surface area (TPSA) is 98.8 Å². The van der Waals surface area contributed by atoms with Gasteiger partial charge in [-0.05, 0) is 24.5 Å². The molecule has 2 aromatic rings. The highest BCUT2D eigenvalue weighted by Crippen LogP contribution is 2.26. The summed E-state index contributed by atoms with van der Waals surface area (Å²) in [6.07, 6.45) is -0.744. The first-order valence-corrected chi connectivity index (χ1v) is 11.1. The molecule has 2 aromatic carbocycles. The number of amides is 1. The van der Waals surface area contributed by atoms with Crippen LogP contribution in [0.4, 0.5) is 5.69 Å². The lowest BCUT2D eigenvalue weighted by Crippen LogP contribution is -2.26. The molecule has 1 aliphatic heterocycles. The zero-order valence-electron chi connectivity index (χ0n) is 16.0. The number of hydrogen-bond donors (Lipinski definition) is 1. The van der Waals surface area contributed by atoms with Crippen molar-refractivity contribution in [2.75, 3.05) is 23.9 Å². The van der Waals surface area contributed by atoms with Crippen LogP contribution in [0.5, 0.6) is 5.75 Å². The fraction of sp³-hybridized carbons (Fsp3) is 0.333. The van der Waals surface area contributed by atoms with Gasteiger partial charge in [-0.3, -0.25) is 9.59 Å². The molecule has 0 aliphatic carbocycles. The first-order chi connectivity index (χ1) is 13.9. The minimum atomic E-state index is -3.08. The molecule has 1 heterocycles. The van der Waals surface area contributed by atoms with Gasteiger partial charge >= 0.3 is 5.97 Å². The van der Waals surface area contributed by atoms with E-state index >= 15 is 0 Å². The standard InChI is InChI=1S/C21H23NO6S/c1-27-18-9-5-8-17(13-18)22-21(24)20(16-6-3-2-4-7-16)28-19(23)12-15-10-11-29(25,26)14-15/h2-9,13,15,20H,10-12,14H2,1H3,(H,22,24)/t15-,20-/m1/s1. The fourth-order valence-corrected chi connectivity index (χ4v) is 5.12. The van der Waals surface area contributed by atoms with Gasteiger partial charge in [0.1, 0.15) is 5.75 Å². The van der Waals surface area contributed by atoms with Crippen LogP contribution in [-0.4, -0.2) is 38.9 Å². The maximum atomic E-state index is 12.9. The summed E-state index contributed by atoms with van der Waals surface area (Å²) in [7, 11) is -1.56. The van der Waals surface area contributed by atoms with E-state index in [0.717, 1.165) is 0 Å². The summed E-state index contributed by atoms with van der Waals surface area (Å²) >= 11 is 0. The first kappa shape index (κ1) is 20.9. The minimum absolute atomic E-state index is 0.0197. The van der Waals surface area contributed by atoms with Gasteiger partial charge in [0, 0.05) is 23.7 Å². The highest BCUT2D eigenvalue weighted by molar-refractivity contribution is 7.91. The Kier molecular flexibility index (Phi) is 6.53. The van der Waals surface area contributed by atoms with E-state index in [1.54, 1.807) is 54.6 Å². The van der Waals surface area contributed by atoms with Gasteiger partial charge in [0.2, 0.25) is 6.10 Å². The quantitative estimate of drug-likeness (QED) is 0.696. The van der Waals surface area contributed by atoms with Crippen LogP contribution < -0.4 is 10.1 Å². The molecular formula is C21H23NO6S. The lowest BCUT2D eigenvalue weighted by Gasteiger charge is -2.19. The average molecular weight is 417 g/mol. The third-order valence-corrected chi connectivity index (χ3v) is 6.55. The van der Waals surface area contributed by atoms with Gasteiger partial charge < -0.3 is 14.8 Å². The first-order valence-electron chi connectivity index (χ1n) is 9.26. The smallest absolute Gasteiger partial charge is 0.307 e. The van der Waals surface area contributed by atoms with Crippen molar-refractivity contribution in [3.8, 4) is 5.75 Å². The van der Waals surface area contributed by atoms with E-state index in [9.17, 15) is 18.0 Å². The summed E-state index contributed by atoms with van der Waals surface area (Å²) < 4.78 is 33.8. The number of esters is 1. The van der Waals surface area contributed by atoms with E-state index in [-0.39, 0.29) is 23.8 Å². The molecule has 0 spiro atoms. The molecular weight excluding hydrogens is 394 g/mol. The number of sulfone groups is 1. The number of nitrogens with one attached hydrogen (secondary N) is 1. The van der Waals surface area contributed by atoms with Crippen LogP contribution in [0, 0.1) is 5.92 Å². The monoisotopic (exact) mass is 417 g/mol. The second kappa shape index (κ2) is 9.09. The molecule has 0 saturated carbocycles. The number of benzene rings is 2. The normalized spacial score (nSPS) is 18.6. The maximum Gasteiger partial charge on any atom is 0.307 e. The lowest BCUT2D eigenvalue weighted by molar-refractivity contribution is -0.155. The summed E-state index contributed by atoms with van der Waals surface area (Å²) in [5, 5.41) is 2.74. The molecule has 8 heteroatoms. The molecule has 29 heavy (non-hydrogen) atoms. The summed E-state index contributed by atoms with van der Waals surface area (Å²) in [5.74, 6) is -0.722. The largest absolute Gasteiger partial charge is 0.497 e. The fourth-order valence-electron chi connectivity index (χ4n) is 3.26. The molecule has 0 aromatic heterocycles. The predicted molar refractivity (Wildman–Crippen MR) is 108 cm³/mol. The summed E-state index contributed by atoms with van der Waals surface area (Å²) in [5.41, 5.74) is 1.04. The Hall–Kier alpha value is -2.87. The van der Waals surface area contributed by atoms with Gasteiger partial charge in [-0.2, -0.15) is 0 Å². The number of rotatable bonds is 7. The molecule has 1 amide bonds. The number of carbonyl (C=O) groups excluding carboxylic acids is 2. The van der Waals surface area contributed by atoms with Crippen LogP contribution in [0.2, 0.25) is 0 Å². The van der Waals surface area contributed by atoms with Gasteiger partial charge in [-0.15, -0.1) is 0 Å². The minimum Gasteiger partial charge on any atom is -0.497 e. The second-order valence-electron chi connectivity index (χ2n) is 6.97. The zero-order chi connectivity index (χ0) is 20.9. The Labute approximate surface area is 169 Å².